The third-order valence-electron chi connectivity index (χ3n) is 2.87. The maximum atomic E-state index is 10.0. The van der Waals surface area contributed by atoms with E-state index in [0.29, 0.717) is 32.7 Å². The van der Waals surface area contributed by atoms with Crippen molar-refractivity contribution >= 4 is 11.3 Å². The van der Waals surface area contributed by atoms with Crippen molar-refractivity contribution in [1.29, 1.82) is 0 Å². The molecule has 2 unspecified atom stereocenters. The second-order valence-corrected chi connectivity index (χ2v) is 6.15. The lowest BCUT2D eigenvalue weighted by Crippen LogP contribution is -2.42. The Bertz CT molecular complexity index is 343. The molecule has 2 atom stereocenters. The molecule has 6 heteroatoms. The van der Waals surface area contributed by atoms with Crippen LogP contribution >= 0.6 is 11.3 Å². The molecule has 0 aliphatic heterocycles. The summed E-state index contributed by atoms with van der Waals surface area (Å²) in [7, 11) is 1.61. The van der Waals surface area contributed by atoms with Gasteiger partial charge in [-0.15, -0.1) is 11.3 Å². The highest BCUT2D eigenvalue weighted by Gasteiger charge is 2.19. The topological polar surface area (TPSA) is 71.0 Å². The lowest BCUT2D eigenvalue weighted by Gasteiger charge is -2.24. The van der Waals surface area contributed by atoms with Crippen LogP contribution in [0.15, 0.2) is 17.5 Å². The van der Waals surface area contributed by atoms with Crippen LogP contribution in [0.1, 0.15) is 18.2 Å². The van der Waals surface area contributed by atoms with E-state index in [0.717, 1.165) is 4.88 Å². The number of thiophene rings is 1. The van der Waals surface area contributed by atoms with Gasteiger partial charge in [-0.25, -0.2) is 0 Å². The van der Waals surface area contributed by atoms with Gasteiger partial charge in [0.05, 0.1) is 24.9 Å². The Morgan fingerprint density at radius 3 is 2.95 bits per heavy atom. The number of hydrogen-bond acceptors (Lipinski definition) is 6. The Kier molecular flexibility index (Phi) is 8.28. The summed E-state index contributed by atoms with van der Waals surface area (Å²) in [6, 6.07) is 3.98. The average Bonchev–Trinajstić information content (AvgIpc) is 2.89. The summed E-state index contributed by atoms with van der Waals surface area (Å²) in [5.74, 6) is 0. The van der Waals surface area contributed by atoms with Gasteiger partial charge in [0.15, 0.2) is 0 Å². The van der Waals surface area contributed by atoms with Gasteiger partial charge in [0.25, 0.3) is 0 Å². The number of aliphatic hydroxyl groups excluding tert-OH is 1. The van der Waals surface area contributed by atoms with E-state index in [1.165, 1.54) is 0 Å². The van der Waals surface area contributed by atoms with E-state index in [9.17, 15) is 10.2 Å². The Morgan fingerprint density at radius 2 is 2.30 bits per heavy atom. The van der Waals surface area contributed by atoms with Gasteiger partial charge in [0.2, 0.25) is 0 Å². The van der Waals surface area contributed by atoms with Gasteiger partial charge in [-0.1, -0.05) is 6.07 Å². The van der Waals surface area contributed by atoms with Crippen molar-refractivity contribution in [3.8, 4) is 0 Å². The van der Waals surface area contributed by atoms with Gasteiger partial charge in [0.1, 0.15) is 0 Å². The molecular formula is C14H25NO4S. The normalized spacial score (nSPS) is 16.0. The monoisotopic (exact) mass is 303 g/mol. The van der Waals surface area contributed by atoms with Gasteiger partial charge in [-0.3, -0.25) is 0 Å². The molecule has 20 heavy (non-hydrogen) atoms. The molecule has 0 radical (unpaired) electrons. The fraction of sp³-hybridized carbons (Fsp3) is 0.714. The lowest BCUT2D eigenvalue weighted by molar-refractivity contribution is 0.0108. The van der Waals surface area contributed by atoms with Gasteiger partial charge in [-0.05, 0) is 18.4 Å². The second kappa shape index (κ2) is 9.44. The fourth-order valence-electron chi connectivity index (χ4n) is 1.67. The summed E-state index contributed by atoms with van der Waals surface area (Å²) in [4.78, 5) is 1.15. The molecule has 1 rings (SSSR count). The number of rotatable bonds is 11. The maximum Gasteiger partial charge on any atom is 0.0897 e. The molecule has 5 nitrogen and oxygen atoms in total. The molecule has 0 amide bonds. The van der Waals surface area contributed by atoms with Crippen molar-refractivity contribution in [3.05, 3.63) is 22.4 Å². The van der Waals surface area contributed by atoms with Crippen molar-refractivity contribution in [2.24, 2.45) is 0 Å². The zero-order valence-corrected chi connectivity index (χ0v) is 13.0. The summed E-state index contributed by atoms with van der Waals surface area (Å²) in [5.41, 5.74) is -0.826. The van der Waals surface area contributed by atoms with Crippen molar-refractivity contribution < 1.29 is 19.7 Å². The van der Waals surface area contributed by atoms with Gasteiger partial charge < -0.3 is 25.0 Å². The molecule has 1 heterocycles. The van der Waals surface area contributed by atoms with E-state index in [1.807, 2.05) is 17.5 Å². The molecule has 3 N–H and O–H groups in total. The van der Waals surface area contributed by atoms with E-state index in [2.05, 4.69) is 5.32 Å². The van der Waals surface area contributed by atoms with Crippen molar-refractivity contribution in [3.63, 3.8) is 0 Å². The van der Waals surface area contributed by atoms with Crippen molar-refractivity contribution in [2.75, 3.05) is 33.4 Å². The molecule has 0 fully saturated rings. The predicted octanol–water partition coefficient (Wildman–Crippen LogP) is 1.00. The van der Waals surface area contributed by atoms with Crippen LogP contribution in [0.5, 0.6) is 0 Å². The van der Waals surface area contributed by atoms with Gasteiger partial charge in [0, 0.05) is 38.1 Å². The van der Waals surface area contributed by atoms with E-state index >= 15 is 0 Å². The number of ether oxygens (including phenoxy) is 2. The number of aliphatic hydroxyl groups is 2. The summed E-state index contributed by atoms with van der Waals surface area (Å²) in [5, 5.41) is 24.8. The quantitative estimate of drug-likeness (QED) is 0.569. The molecule has 1 aromatic heterocycles. The average molecular weight is 303 g/mol. The molecule has 0 aromatic carbocycles. The van der Waals surface area contributed by atoms with Crippen LogP contribution in [0, 0.1) is 0 Å². The fourth-order valence-corrected chi connectivity index (χ4v) is 2.31. The first-order valence-electron chi connectivity index (χ1n) is 6.74. The van der Waals surface area contributed by atoms with Crippen LogP contribution in [-0.2, 0) is 16.1 Å². The second-order valence-electron chi connectivity index (χ2n) is 5.12. The Balaban J connectivity index is 2.06. The molecule has 116 valence electrons. The van der Waals surface area contributed by atoms with Crippen LogP contribution in [-0.4, -0.2) is 55.3 Å². The molecule has 0 aliphatic carbocycles. The highest BCUT2D eigenvalue weighted by Crippen LogP contribution is 2.10. The summed E-state index contributed by atoms with van der Waals surface area (Å²) in [6.07, 6.45) is -0.0187. The zero-order valence-electron chi connectivity index (χ0n) is 12.2. The molecule has 1 aromatic rings. The third-order valence-corrected chi connectivity index (χ3v) is 3.72. The molecule has 0 aliphatic rings. The SMILES string of the molecule is COCCC(C)(O)CNCC(O)COCc1cccs1. The van der Waals surface area contributed by atoms with E-state index in [4.69, 9.17) is 9.47 Å². The Morgan fingerprint density at radius 1 is 1.50 bits per heavy atom. The van der Waals surface area contributed by atoms with Crippen LogP contribution < -0.4 is 5.32 Å². The highest BCUT2D eigenvalue weighted by molar-refractivity contribution is 7.09. The first kappa shape index (κ1) is 17.6. The van der Waals surface area contributed by atoms with Crippen LogP contribution in [0.3, 0.4) is 0 Å². The number of nitrogens with one attached hydrogen (secondary N) is 1. The minimum Gasteiger partial charge on any atom is -0.389 e. The number of methoxy groups -OCH3 is 1. The Labute approximate surface area is 124 Å². The molecule has 0 saturated heterocycles. The van der Waals surface area contributed by atoms with E-state index in [-0.39, 0.29) is 6.61 Å². The standard InChI is InChI=1S/C14H25NO4S/c1-14(17,5-6-18-2)11-15-8-12(16)9-19-10-13-4-3-7-20-13/h3-4,7,12,15-17H,5-6,8-11H2,1-2H3. The summed E-state index contributed by atoms with van der Waals surface area (Å²) >= 11 is 1.64. The first-order chi connectivity index (χ1) is 9.53. The molecule has 0 bridgehead atoms. The Hall–Kier alpha value is -0.500. The molecule has 0 spiro atoms. The molecular weight excluding hydrogens is 278 g/mol. The van der Waals surface area contributed by atoms with Crippen LogP contribution in [0.25, 0.3) is 0 Å². The minimum atomic E-state index is -0.826. The van der Waals surface area contributed by atoms with E-state index < -0.39 is 11.7 Å². The first-order valence-corrected chi connectivity index (χ1v) is 7.62. The van der Waals surface area contributed by atoms with Gasteiger partial charge >= 0.3 is 0 Å². The highest BCUT2D eigenvalue weighted by atomic mass is 32.1. The lowest BCUT2D eigenvalue weighted by atomic mass is 10.0. The van der Waals surface area contributed by atoms with Gasteiger partial charge in [-0.2, -0.15) is 0 Å². The summed E-state index contributed by atoms with van der Waals surface area (Å²) in [6.45, 7) is 3.89. The zero-order chi connectivity index (χ0) is 14.8. The van der Waals surface area contributed by atoms with Crippen molar-refractivity contribution in [1.82, 2.24) is 5.32 Å². The van der Waals surface area contributed by atoms with Crippen LogP contribution in [0.2, 0.25) is 0 Å². The van der Waals surface area contributed by atoms with Crippen molar-refractivity contribution in [2.45, 2.75) is 31.7 Å². The number of hydrogen-bond donors (Lipinski definition) is 3. The minimum absolute atomic E-state index is 0.283. The molecule has 0 saturated carbocycles. The van der Waals surface area contributed by atoms with Crippen LogP contribution in [0.4, 0.5) is 0 Å². The third kappa shape index (κ3) is 7.94. The smallest absolute Gasteiger partial charge is 0.0897 e. The summed E-state index contributed by atoms with van der Waals surface area (Å²) < 4.78 is 10.4. The maximum absolute atomic E-state index is 10.0. The predicted molar refractivity (Wildman–Crippen MR) is 80.0 cm³/mol. The largest absolute Gasteiger partial charge is 0.389 e. The van der Waals surface area contributed by atoms with E-state index in [1.54, 1.807) is 25.4 Å².